The molecule has 0 bridgehead atoms. The minimum Gasteiger partial charge on any atom is -0.449 e. The van der Waals surface area contributed by atoms with E-state index in [9.17, 15) is 14.0 Å². The van der Waals surface area contributed by atoms with E-state index >= 15 is 0 Å². The molecular formula is C20H17ClFN3O3. The van der Waals surface area contributed by atoms with E-state index in [1.54, 1.807) is 16.8 Å². The van der Waals surface area contributed by atoms with Crippen LogP contribution in [-0.4, -0.2) is 27.8 Å². The lowest BCUT2D eigenvalue weighted by molar-refractivity contribution is -0.123. The molecule has 0 aliphatic carbocycles. The summed E-state index contributed by atoms with van der Waals surface area (Å²) in [5, 5.41) is 7.09. The van der Waals surface area contributed by atoms with Gasteiger partial charge in [0.2, 0.25) is 0 Å². The summed E-state index contributed by atoms with van der Waals surface area (Å²) >= 11 is 6.12. The Bertz CT molecular complexity index is 1010. The van der Waals surface area contributed by atoms with E-state index in [0.717, 1.165) is 5.56 Å². The lowest BCUT2D eigenvalue weighted by Crippen LogP contribution is -2.30. The van der Waals surface area contributed by atoms with E-state index in [-0.39, 0.29) is 11.3 Å². The lowest BCUT2D eigenvalue weighted by Gasteiger charge is -2.13. The number of hydrogen-bond donors (Lipinski definition) is 1. The van der Waals surface area contributed by atoms with Gasteiger partial charge in [0.05, 0.1) is 24.0 Å². The third-order valence-electron chi connectivity index (χ3n) is 3.94. The molecule has 1 aromatic heterocycles. The highest BCUT2D eigenvalue weighted by molar-refractivity contribution is 6.31. The lowest BCUT2D eigenvalue weighted by atomic mass is 10.2. The van der Waals surface area contributed by atoms with Crippen LogP contribution in [0.2, 0.25) is 5.02 Å². The number of nitrogens with one attached hydrogen (secondary N) is 1. The zero-order valence-corrected chi connectivity index (χ0v) is 15.7. The van der Waals surface area contributed by atoms with Crippen LogP contribution in [0.1, 0.15) is 22.8 Å². The number of aromatic nitrogens is 2. The fourth-order valence-electron chi connectivity index (χ4n) is 2.44. The number of ether oxygens (including phenoxy) is 1. The number of rotatable bonds is 6. The quantitative estimate of drug-likeness (QED) is 0.635. The van der Waals surface area contributed by atoms with Gasteiger partial charge in [0.1, 0.15) is 5.82 Å². The number of halogens is 2. The molecule has 0 saturated heterocycles. The molecule has 1 heterocycles. The van der Waals surface area contributed by atoms with Gasteiger partial charge in [0.25, 0.3) is 5.91 Å². The summed E-state index contributed by atoms with van der Waals surface area (Å²) in [4.78, 5) is 24.4. The van der Waals surface area contributed by atoms with E-state index in [0.29, 0.717) is 11.6 Å². The summed E-state index contributed by atoms with van der Waals surface area (Å²) in [6.45, 7) is 1.79. The SMILES string of the molecule is CC(OC(=O)c1cnn(Cc2ccccc2Cl)c1)C(=O)Nc1ccccc1F. The van der Waals surface area contributed by atoms with Crippen LogP contribution in [0.25, 0.3) is 0 Å². The number of amides is 1. The van der Waals surface area contributed by atoms with Crippen LogP contribution in [0.3, 0.4) is 0 Å². The highest BCUT2D eigenvalue weighted by Gasteiger charge is 2.21. The van der Waals surface area contributed by atoms with Gasteiger partial charge in [-0.05, 0) is 30.7 Å². The number of benzene rings is 2. The number of nitrogens with zero attached hydrogens (tertiary/aromatic N) is 2. The fraction of sp³-hybridized carbons (Fsp3) is 0.150. The van der Waals surface area contributed by atoms with Crippen LogP contribution in [0, 0.1) is 5.82 Å². The Balaban J connectivity index is 1.60. The first-order valence-corrected chi connectivity index (χ1v) is 8.84. The normalized spacial score (nSPS) is 11.7. The maximum Gasteiger partial charge on any atom is 0.342 e. The second kappa shape index (κ2) is 8.67. The molecule has 0 aliphatic rings. The molecule has 0 fully saturated rings. The van der Waals surface area contributed by atoms with Gasteiger partial charge in [0, 0.05) is 11.2 Å². The number of anilines is 1. The van der Waals surface area contributed by atoms with Gasteiger partial charge in [-0.25, -0.2) is 9.18 Å². The molecule has 0 aliphatic heterocycles. The predicted octanol–water partition coefficient (Wildman–Crippen LogP) is 3.91. The third kappa shape index (κ3) is 4.75. The van der Waals surface area contributed by atoms with Gasteiger partial charge < -0.3 is 10.1 Å². The van der Waals surface area contributed by atoms with Gasteiger partial charge in [-0.3, -0.25) is 9.48 Å². The first-order valence-electron chi connectivity index (χ1n) is 8.46. The van der Waals surface area contributed by atoms with Crippen molar-refractivity contribution in [2.24, 2.45) is 0 Å². The largest absolute Gasteiger partial charge is 0.449 e. The van der Waals surface area contributed by atoms with Crippen molar-refractivity contribution in [1.82, 2.24) is 9.78 Å². The van der Waals surface area contributed by atoms with E-state index in [4.69, 9.17) is 16.3 Å². The highest BCUT2D eigenvalue weighted by atomic mass is 35.5. The van der Waals surface area contributed by atoms with Crippen LogP contribution >= 0.6 is 11.6 Å². The summed E-state index contributed by atoms with van der Waals surface area (Å²) in [5.74, 6) is -1.92. The van der Waals surface area contributed by atoms with Crippen molar-refractivity contribution in [3.05, 3.63) is 82.9 Å². The number of carbonyl (C=O) groups excluding carboxylic acids is 2. The summed E-state index contributed by atoms with van der Waals surface area (Å²) in [7, 11) is 0. The molecule has 2 aromatic carbocycles. The molecule has 6 nitrogen and oxygen atoms in total. The first kappa shape index (κ1) is 19.6. The smallest absolute Gasteiger partial charge is 0.342 e. The molecule has 144 valence electrons. The zero-order valence-electron chi connectivity index (χ0n) is 14.9. The van der Waals surface area contributed by atoms with Gasteiger partial charge in [0.15, 0.2) is 6.10 Å². The molecule has 1 amide bonds. The number of esters is 1. The minimum atomic E-state index is -1.11. The summed E-state index contributed by atoms with van der Waals surface area (Å²) in [6.07, 6.45) is 1.74. The molecule has 1 unspecified atom stereocenters. The second-order valence-electron chi connectivity index (χ2n) is 6.03. The average molecular weight is 402 g/mol. The molecule has 1 N–H and O–H groups in total. The van der Waals surface area contributed by atoms with E-state index in [2.05, 4.69) is 10.4 Å². The van der Waals surface area contributed by atoms with Crippen molar-refractivity contribution in [2.75, 3.05) is 5.32 Å². The van der Waals surface area contributed by atoms with Crippen molar-refractivity contribution in [3.63, 3.8) is 0 Å². The Morgan fingerprint density at radius 1 is 1.21 bits per heavy atom. The van der Waals surface area contributed by atoms with Crippen LogP contribution < -0.4 is 5.32 Å². The second-order valence-corrected chi connectivity index (χ2v) is 6.44. The van der Waals surface area contributed by atoms with E-state index in [1.165, 1.54) is 37.5 Å². The molecule has 0 spiro atoms. The molecule has 3 aromatic rings. The van der Waals surface area contributed by atoms with Crippen molar-refractivity contribution in [2.45, 2.75) is 19.6 Å². The maximum atomic E-state index is 13.6. The van der Waals surface area contributed by atoms with Gasteiger partial charge in [-0.1, -0.05) is 41.9 Å². The fourth-order valence-corrected chi connectivity index (χ4v) is 2.63. The van der Waals surface area contributed by atoms with Gasteiger partial charge in [-0.15, -0.1) is 0 Å². The standard InChI is InChI=1S/C20H17ClFN3O3/c1-13(19(26)24-18-9-5-4-8-17(18)22)28-20(27)15-10-23-25(12-15)11-14-6-2-3-7-16(14)21/h2-10,12-13H,11H2,1H3,(H,24,26). The molecule has 1 atom stereocenters. The predicted molar refractivity (Wildman–Crippen MR) is 103 cm³/mol. The van der Waals surface area contributed by atoms with Crippen molar-refractivity contribution in [3.8, 4) is 0 Å². The third-order valence-corrected chi connectivity index (χ3v) is 4.31. The average Bonchev–Trinajstić information content (AvgIpc) is 3.14. The van der Waals surface area contributed by atoms with Crippen LogP contribution in [-0.2, 0) is 16.1 Å². The van der Waals surface area contributed by atoms with Crippen molar-refractivity contribution >= 4 is 29.2 Å². The molecule has 28 heavy (non-hydrogen) atoms. The minimum absolute atomic E-state index is 0.0166. The number of carbonyl (C=O) groups is 2. The Kier molecular flexibility index (Phi) is 6.06. The summed E-state index contributed by atoms with van der Waals surface area (Å²) < 4.78 is 20.3. The van der Waals surface area contributed by atoms with E-state index in [1.807, 2.05) is 18.2 Å². The maximum absolute atomic E-state index is 13.6. The first-order chi connectivity index (χ1) is 13.4. The molecule has 3 rings (SSSR count). The zero-order chi connectivity index (χ0) is 20.1. The molecule has 0 radical (unpaired) electrons. The Hall–Kier alpha value is -3.19. The topological polar surface area (TPSA) is 73.2 Å². The Labute approximate surface area is 165 Å². The molecular weight excluding hydrogens is 385 g/mol. The number of para-hydroxylation sites is 1. The van der Waals surface area contributed by atoms with Crippen LogP contribution in [0.4, 0.5) is 10.1 Å². The number of hydrogen-bond acceptors (Lipinski definition) is 4. The van der Waals surface area contributed by atoms with Gasteiger partial charge >= 0.3 is 5.97 Å². The van der Waals surface area contributed by atoms with Crippen molar-refractivity contribution < 1.29 is 18.7 Å². The van der Waals surface area contributed by atoms with Crippen LogP contribution in [0.5, 0.6) is 0 Å². The molecule has 8 heteroatoms. The van der Waals surface area contributed by atoms with E-state index < -0.39 is 23.8 Å². The van der Waals surface area contributed by atoms with Gasteiger partial charge in [-0.2, -0.15) is 5.10 Å². The highest BCUT2D eigenvalue weighted by Crippen LogP contribution is 2.17. The summed E-state index contributed by atoms with van der Waals surface area (Å²) in [6, 6.07) is 13.0. The monoisotopic (exact) mass is 401 g/mol. The van der Waals surface area contributed by atoms with Crippen LogP contribution in [0.15, 0.2) is 60.9 Å². The summed E-state index contributed by atoms with van der Waals surface area (Å²) in [5.41, 5.74) is 1.06. The Morgan fingerprint density at radius 3 is 2.68 bits per heavy atom. The Morgan fingerprint density at radius 2 is 1.93 bits per heavy atom. The van der Waals surface area contributed by atoms with Crippen molar-refractivity contribution in [1.29, 1.82) is 0 Å². The molecule has 0 saturated carbocycles.